The smallest absolute Gasteiger partial charge is 0.123 e. The Bertz CT molecular complexity index is 482. The molecule has 0 bridgehead atoms. The summed E-state index contributed by atoms with van der Waals surface area (Å²) in [6.45, 7) is 1.04. The molecule has 2 aromatic heterocycles. The second-order valence-electron chi connectivity index (χ2n) is 4.37. The summed E-state index contributed by atoms with van der Waals surface area (Å²) >= 11 is 0. The highest BCUT2D eigenvalue weighted by molar-refractivity contribution is 5.61. The van der Waals surface area contributed by atoms with E-state index in [1.807, 2.05) is 23.0 Å². The van der Waals surface area contributed by atoms with Crippen LogP contribution in [0.15, 0.2) is 30.7 Å². The van der Waals surface area contributed by atoms with Crippen molar-refractivity contribution in [2.24, 2.45) is 5.92 Å². The molecule has 4 heteroatoms. The van der Waals surface area contributed by atoms with E-state index in [1.165, 1.54) is 12.8 Å². The van der Waals surface area contributed by atoms with Gasteiger partial charge in [0.25, 0.3) is 0 Å². The zero-order valence-corrected chi connectivity index (χ0v) is 9.00. The highest BCUT2D eigenvalue weighted by Gasteiger charge is 2.21. The molecule has 0 radical (unpaired) electrons. The molecular formula is C12H14N4. The van der Waals surface area contributed by atoms with E-state index in [2.05, 4.69) is 16.3 Å². The Labute approximate surface area is 94.1 Å². The van der Waals surface area contributed by atoms with Gasteiger partial charge in [0.2, 0.25) is 0 Å². The number of nitrogens with zero attached hydrogens (tertiary/aromatic N) is 3. The summed E-state index contributed by atoms with van der Waals surface area (Å²) in [5.74, 6) is 1.39. The van der Waals surface area contributed by atoms with Crippen LogP contribution in [0.3, 0.4) is 0 Å². The number of hydrogen-bond donors (Lipinski definition) is 1. The Morgan fingerprint density at radius 1 is 1.25 bits per heavy atom. The number of rotatable bonds is 3. The molecule has 4 nitrogen and oxygen atoms in total. The first-order valence-electron chi connectivity index (χ1n) is 5.55. The van der Waals surface area contributed by atoms with Gasteiger partial charge in [-0.15, -0.1) is 0 Å². The lowest BCUT2D eigenvalue weighted by atomic mass is 10.2. The molecule has 2 heterocycles. The summed E-state index contributed by atoms with van der Waals surface area (Å²) in [5, 5.41) is 4.35. The van der Waals surface area contributed by atoms with Crippen molar-refractivity contribution in [2.75, 3.05) is 5.73 Å². The van der Waals surface area contributed by atoms with E-state index < -0.39 is 0 Å². The van der Waals surface area contributed by atoms with Gasteiger partial charge in [-0.1, -0.05) is 0 Å². The molecule has 1 aliphatic rings. The minimum absolute atomic E-state index is 0.550. The standard InChI is InChI=1S/C12H14N4/c13-12-4-3-10(5-14-12)11-6-15-16(8-11)7-9-1-2-9/h3-6,8-9H,1-2,7H2,(H2,13,14). The third-order valence-corrected chi connectivity index (χ3v) is 2.90. The topological polar surface area (TPSA) is 56.7 Å². The van der Waals surface area contributed by atoms with Crippen molar-refractivity contribution in [2.45, 2.75) is 19.4 Å². The number of hydrogen-bond acceptors (Lipinski definition) is 3. The number of nitrogens with two attached hydrogens (primary N) is 1. The first-order valence-corrected chi connectivity index (χ1v) is 5.55. The normalized spacial score (nSPS) is 15.2. The van der Waals surface area contributed by atoms with Crippen molar-refractivity contribution in [1.29, 1.82) is 0 Å². The molecule has 0 atom stereocenters. The van der Waals surface area contributed by atoms with Crippen molar-refractivity contribution in [3.05, 3.63) is 30.7 Å². The van der Waals surface area contributed by atoms with Crippen LogP contribution in [-0.2, 0) is 6.54 Å². The van der Waals surface area contributed by atoms with Crippen LogP contribution in [0.5, 0.6) is 0 Å². The molecule has 0 saturated heterocycles. The van der Waals surface area contributed by atoms with Gasteiger partial charge in [-0.05, 0) is 30.9 Å². The third-order valence-electron chi connectivity index (χ3n) is 2.90. The zero-order valence-electron chi connectivity index (χ0n) is 9.00. The first-order chi connectivity index (χ1) is 7.81. The maximum Gasteiger partial charge on any atom is 0.123 e. The van der Waals surface area contributed by atoms with Crippen LogP contribution in [0.2, 0.25) is 0 Å². The molecule has 0 aromatic carbocycles. The summed E-state index contributed by atoms with van der Waals surface area (Å²) < 4.78 is 2.02. The summed E-state index contributed by atoms with van der Waals surface area (Å²) in [6.07, 6.45) is 8.44. The Morgan fingerprint density at radius 3 is 2.81 bits per heavy atom. The van der Waals surface area contributed by atoms with E-state index in [9.17, 15) is 0 Å². The van der Waals surface area contributed by atoms with Crippen LogP contribution in [0.1, 0.15) is 12.8 Å². The monoisotopic (exact) mass is 214 g/mol. The zero-order chi connectivity index (χ0) is 11.0. The fraction of sp³-hybridized carbons (Fsp3) is 0.333. The van der Waals surface area contributed by atoms with Gasteiger partial charge in [-0.3, -0.25) is 4.68 Å². The first kappa shape index (κ1) is 9.39. The molecule has 3 rings (SSSR count). The van der Waals surface area contributed by atoms with Gasteiger partial charge >= 0.3 is 0 Å². The van der Waals surface area contributed by atoms with Crippen LogP contribution in [0, 0.1) is 5.92 Å². The molecule has 0 amide bonds. The molecule has 0 aliphatic heterocycles. The van der Waals surface area contributed by atoms with Gasteiger partial charge in [0.15, 0.2) is 0 Å². The Hall–Kier alpha value is -1.84. The number of nitrogen functional groups attached to an aromatic ring is 1. The Kier molecular flexibility index (Phi) is 2.13. The molecule has 1 aliphatic carbocycles. The maximum atomic E-state index is 5.55. The van der Waals surface area contributed by atoms with Crippen molar-refractivity contribution < 1.29 is 0 Å². The minimum Gasteiger partial charge on any atom is -0.384 e. The quantitative estimate of drug-likeness (QED) is 0.849. The van der Waals surface area contributed by atoms with E-state index in [0.717, 1.165) is 23.6 Å². The predicted octanol–water partition coefficient (Wildman–Crippen LogP) is 1.94. The number of pyridine rings is 1. The van der Waals surface area contributed by atoms with Crippen molar-refractivity contribution in [3.8, 4) is 11.1 Å². The van der Waals surface area contributed by atoms with E-state index in [0.29, 0.717) is 5.82 Å². The Morgan fingerprint density at radius 2 is 2.12 bits per heavy atom. The summed E-state index contributed by atoms with van der Waals surface area (Å²) in [6, 6.07) is 3.79. The van der Waals surface area contributed by atoms with Crippen molar-refractivity contribution in [3.63, 3.8) is 0 Å². The average molecular weight is 214 g/mol. The highest BCUT2D eigenvalue weighted by Crippen LogP contribution is 2.30. The highest BCUT2D eigenvalue weighted by atomic mass is 15.3. The summed E-state index contributed by atoms with van der Waals surface area (Å²) in [4.78, 5) is 4.08. The SMILES string of the molecule is Nc1ccc(-c2cnn(CC3CC3)c2)cn1. The molecule has 0 unspecified atom stereocenters. The van der Waals surface area contributed by atoms with Crippen LogP contribution < -0.4 is 5.73 Å². The molecule has 0 spiro atoms. The van der Waals surface area contributed by atoms with Crippen LogP contribution >= 0.6 is 0 Å². The predicted molar refractivity (Wildman–Crippen MR) is 62.6 cm³/mol. The van der Waals surface area contributed by atoms with Crippen LogP contribution in [0.4, 0.5) is 5.82 Å². The summed E-state index contributed by atoms with van der Waals surface area (Å²) in [7, 11) is 0. The van der Waals surface area contributed by atoms with Gasteiger partial charge in [0, 0.05) is 30.1 Å². The maximum absolute atomic E-state index is 5.55. The lowest BCUT2D eigenvalue weighted by Gasteiger charge is -1.98. The van der Waals surface area contributed by atoms with Gasteiger partial charge in [0.1, 0.15) is 5.82 Å². The molecule has 2 N–H and O–H groups in total. The fourth-order valence-corrected chi connectivity index (χ4v) is 1.75. The second kappa shape index (κ2) is 3.63. The molecule has 1 saturated carbocycles. The van der Waals surface area contributed by atoms with Gasteiger partial charge < -0.3 is 5.73 Å². The van der Waals surface area contributed by atoms with Gasteiger partial charge in [-0.2, -0.15) is 5.10 Å². The van der Waals surface area contributed by atoms with E-state index >= 15 is 0 Å². The molecule has 16 heavy (non-hydrogen) atoms. The van der Waals surface area contributed by atoms with Crippen molar-refractivity contribution >= 4 is 5.82 Å². The number of anilines is 1. The third kappa shape index (κ3) is 1.91. The van der Waals surface area contributed by atoms with Crippen molar-refractivity contribution in [1.82, 2.24) is 14.8 Å². The van der Waals surface area contributed by atoms with Crippen LogP contribution in [-0.4, -0.2) is 14.8 Å². The molecule has 1 fully saturated rings. The second-order valence-corrected chi connectivity index (χ2v) is 4.37. The van der Waals surface area contributed by atoms with E-state index in [1.54, 1.807) is 6.20 Å². The molecule has 2 aromatic rings. The van der Waals surface area contributed by atoms with Crippen LogP contribution in [0.25, 0.3) is 11.1 Å². The van der Waals surface area contributed by atoms with E-state index in [-0.39, 0.29) is 0 Å². The molecular weight excluding hydrogens is 200 g/mol. The largest absolute Gasteiger partial charge is 0.384 e. The molecule has 82 valence electrons. The van der Waals surface area contributed by atoms with Gasteiger partial charge in [0.05, 0.1) is 6.20 Å². The number of aromatic nitrogens is 3. The lowest BCUT2D eigenvalue weighted by Crippen LogP contribution is -1.98. The summed E-state index contributed by atoms with van der Waals surface area (Å²) in [5.41, 5.74) is 7.72. The minimum atomic E-state index is 0.550. The van der Waals surface area contributed by atoms with E-state index in [4.69, 9.17) is 5.73 Å². The van der Waals surface area contributed by atoms with Gasteiger partial charge in [-0.25, -0.2) is 4.98 Å². The average Bonchev–Trinajstić information content (AvgIpc) is 2.97. The lowest BCUT2D eigenvalue weighted by molar-refractivity contribution is 0.563. The fourth-order valence-electron chi connectivity index (χ4n) is 1.75. The Balaban J connectivity index is 1.82.